The Balaban J connectivity index is 1.48. The fourth-order valence-corrected chi connectivity index (χ4v) is 4.70. The number of anilines is 1. The lowest BCUT2D eigenvalue weighted by atomic mass is 9.93. The van der Waals surface area contributed by atoms with Crippen molar-refractivity contribution < 1.29 is 23.9 Å². The summed E-state index contributed by atoms with van der Waals surface area (Å²) in [5, 5.41) is 6.61. The van der Waals surface area contributed by atoms with Crippen LogP contribution in [0.5, 0.6) is 11.5 Å². The van der Waals surface area contributed by atoms with E-state index in [1.807, 2.05) is 12.1 Å². The molecule has 2 heterocycles. The molecule has 2 aromatic carbocycles. The molecule has 0 aliphatic carbocycles. The monoisotopic (exact) mass is 500 g/mol. The number of nitrogens with one attached hydrogen (secondary N) is 2. The van der Waals surface area contributed by atoms with Crippen molar-refractivity contribution in [1.82, 2.24) is 15.1 Å². The summed E-state index contributed by atoms with van der Waals surface area (Å²) in [4.78, 5) is 42.2. The molecule has 35 heavy (non-hydrogen) atoms. The number of benzene rings is 2. The molecule has 0 saturated carbocycles. The number of methoxy groups -OCH3 is 2. The third kappa shape index (κ3) is 5.52. The minimum atomic E-state index is -0.532. The number of piperidine rings is 1. The Kier molecular flexibility index (Phi) is 7.77. The minimum absolute atomic E-state index is 0.148. The van der Waals surface area contributed by atoms with Gasteiger partial charge in [-0.3, -0.25) is 14.5 Å². The zero-order valence-electron chi connectivity index (χ0n) is 19.8. The van der Waals surface area contributed by atoms with Gasteiger partial charge in [0.05, 0.1) is 20.3 Å². The van der Waals surface area contributed by atoms with E-state index in [-0.39, 0.29) is 30.9 Å². The van der Waals surface area contributed by atoms with Crippen molar-refractivity contribution in [2.45, 2.75) is 31.3 Å². The number of amides is 4. The number of carbonyl (C=O) groups excluding carboxylic acids is 3. The van der Waals surface area contributed by atoms with E-state index in [1.165, 1.54) is 9.80 Å². The average molecular weight is 501 g/mol. The molecule has 0 bridgehead atoms. The van der Waals surface area contributed by atoms with E-state index in [2.05, 4.69) is 10.6 Å². The zero-order valence-corrected chi connectivity index (χ0v) is 20.5. The van der Waals surface area contributed by atoms with Crippen molar-refractivity contribution in [3.63, 3.8) is 0 Å². The summed E-state index contributed by atoms with van der Waals surface area (Å²) in [5.41, 5.74) is 1.48. The fraction of sp³-hybridized carbons (Fsp3) is 0.400. The second-order valence-electron chi connectivity index (χ2n) is 8.54. The van der Waals surface area contributed by atoms with Crippen LogP contribution < -0.4 is 20.1 Å². The summed E-state index contributed by atoms with van der Waals surface area (Å²) in [7, 11) is 3.12. The molecule has 2 fully saturated rings. The molecule has 2 unspecified atom stereocenters. The molecule has 2 aliphatic rings. The Morgan fingerprint density at radius 3 is 2.57 bits per heavy atom. The quantitative estimate of drug-likeness (QED) is 0.578. The summed E-state index contributed by atoms with van der Waals surface area (Å²) in [6.45, 7) is 0.729. The smallest absolute Gasteiger partial charge is 0.327 e. The Bertz CT molecular complexity index is 1090. The van der Waals surface area contributed by atoms with Gasteiger partial charge in [-0.05, 0) is 67.8 Å². The van der Waals surface area contributed by atoms with E-state index in [9.17, 15) is 14.4 Å². The van der Waals surface area contributed by atoms with Gasteiger partial charge < -0.3 is 25.0 Å². The highest BCUT2D eigenvalue weighted by Gasteiger charge is 2.47. The summed E-state index contributed by atoms with van der Waals surface area (Å²) < 4.78 is 10.6. The van der Waals surface area contributed by atoms with Crippen molar-refractivity contribution in [3.8, 4) is 11.5 Å². The molecular weight excluding hydrogens is 472 g/mol. The number of halogens is 1. The molecule has 10 heteroatoms. The normalized spacial score (nSPS) is 19.9. The van der Waals surface area contributed by atoms with Gasteiger partial charge in [-0.1, -0.05) is 17.7 Å². The third-order valence-electron chi connectivity index (χ3n) is 6.35. The van der Waals surface area contributed by atoms with Crippen LogP contribution in [0.1, 0.15) is 18.4 Å². The maximum absolute atomic E-state index is 13.4. The fourth-order valence-electron chi connectivity index (χ4n) is 4.57. The van der Waals surface area contributed by atoms with Crippen molar-refractivity contribution in [2.75, 3.05) is 39.2 Å². The number of carbonyl (C=O) groups is 3. The molecule has 186 valence electrons. The van der Waals surface area contributed by atoms with Gasteiger partial charge in [-0.2, -0.15) is 0 Å². The molecule has 0 spiro atoms. The van der Waals surface area contributed by atoms with Gasteiger partial charge in [-0.15, -0.1) is 0 Å². The van der Waals surface area contributed by atoms with Gasteiger partial charge >= 0.3 is 6.03 Å². The highest BCUT2D eigenvalue weighted by molar-refractivity contribution is 6.30. The van der Waals surface area contributed by atoms with Crippen molar-refractivity contribution in [3.05, 3.63) is 53.1 Å². The number of imide groups is 1. The van der Waals surface area contributed by atoms with Crippen LogP contribution in [0, 0.1) is 0 Å². The maximum atomic E-state index is 13.4. The van der Waals surface area contributed by atoms with Crippen LogP contribution in [0.15, 0.2) is 42.5 Å². The van der Waals surface area contributed by atoms with E-state index in [0.29, 0.717) is 41.6 Å². The molecule has 2 aliphatic heterocycles. The standard InChI is InChI=1S/C25H29ClN4O5/c1-34-20-10-5-16(14-21(20)35-2)11-13-29-24(32)23-19(4-3-12-27-23)30(25(29)33)15-22(31)28-18-8-6-17(26)7-9-18/h5-10,14,19,23,27H,3-4,11-13,15H2,1-2H3,(H,28,31). The van der Waals surface area contributed by atoms with Gasteiger partial charge in [-0.25, -0.2) is 4.79 Å². The lowest BCUT2D eigenvalue weighted by molar-refractivity contribution is -0.138. The number of rotatable bonds is 8. The van der Waals surface area contributed by atoms with Crippen molar-refractivity contribution >= 4 is 35.1 Å². The first-order chi connectivity index (χ1) is 16.9. The third-order valence-corrected chi connectivity index (χ3v) is 6.60. The van der Waals surface area contributed by atoms with Crippen molar-refractivity contribution in [1.29, 1.82) is 0 Å². The lowest BCUT2D eigenvalue weighted by Crippen LogP contribution is -2.70. The molecular formula is C25H29ClN4O5. The SMILES string of the molecule is COc1ccc(CCN2C(=O)C3NCCCC3N(CC(=O)Nc3ccc(Cl)cc3)C2=O)cc1OC. The van der Waals surface area contributed by atoms with E-state index in [0.717, 1.165) is 12.0 Å². The summed E-state index contributed by atoms with van der Waals surface area (Å²) in [6.07, 6.45) is 1.93. The van der Waals surface area contributed by atoms with Crippen molar-refractivity contribution in [2.24, 2.45) is 0 Å². The number of fused-ring (bicyclic) bond motifs is 1. The molecule has 9 nitrogen and oxygen atoms in total. The van der Waals surface area contributed by atoms with E-state index < -0.39 is 12.1 Å². The molecule has 0 radical (unpaired) electrons. The molecule has 2 atom stereocenters. The highest BCUT2D eigenvalue weighted by atomic mass is 35.5. The highest BCUT2D eigenvalue weighted by Crippen LogP contribution is 2.29. The van der Waals surface area contributed by atoms with Gasteiger partial charge in [0, 0.05) is 17.3 Å². The van der Waals surface area contributed by atoms with Crippen LogP contribution in [0.3, 0.4) is 0 Å². The molecule has 2 saturated heterocycles. The first kappa shape index (κ1) is 24.8. The first-order valence-electron chi connectivity index (χ1n) is 11.5. The molecule has 2 aromatic rings. The van der Waals surface area contributed by atoms with Crippen LogP contribution in [0.4, 0.5) is 10.5 Å². The van der Waals surface area contributed by atoms with Crippen LogP contribution in [-0.4, -0.2) is 73.6 Å². The Morgan fingerprint density at radius 1 is 1.11 bits per heavy atom. The number of urea groups is 1. The molecule has 4 amide bonds. The Morgan fingerprint density at radius 2 is 1.86 bits per heavy atom. The van der Waals surface area contributed by atoms with Crippen LogP contribution in [0.2, 0.25) is 5.02 Å². The molecule has 4 rings (SSSR count). The summed E-state index contributed by atoms with van der Waals surface area (Å²) in [6, 6.07) is 10.9. The largest absolute Gasteiger partial charge is 0.493 e. The Labute approximate surface area is 209 Å². The number of nitrogens with zero attached hydrogens (tertiary/aromatic N) is 2. The number of hydrogen-bond donors (Lipinski definition) is 2. The summed E-state index contributed by atoms with van der Waals surface area (Å²) >= 11 is 5.91. The lowest BCUT2D eigenvalue weighted by Gasteiger charge is -2.46. The van der Waals surface area contributed by atoms with Gasteiger partial charge in [0.1, 0.15) is 12.6 Å². The van der Waals surface area contributed by atoms with Gasteiger partial charge in [0.15, 0.2) is 11.5 Å². The molecule has 2 N–H and O–H groups in total. The van der Waals surface area contributed by atoms with E-state index >= 15 is 0 Å². The van der Waals surface area contributed by atoms with Crippen LogP contribution in [-0.2, 0) is 16.0 Å². The zero-order chi connectivity index (χ0) is 24.9. The second-order valence-corrected chi connectivity index (χ2v) is 8.97. The average Bonchev–Trinajstić information content (AvgIpc) is 2.87. The van der Waals surface area contributed by atoms with Gasteiger partial charge in [0.25, 0.3) is 0 Å². The summed E-state index contributed by atoms with van der Waals surface area (Å²) in [5.74, 6) is 0.595. The number of hydrogen-bond acceptors (Lipinski definition) is 6. The van der Waals surface area contributed by atoms with E-state index in [1.54, 1.807) is 44.6 Å². The molecule has 0 aromatic heterocycles. The second kappa shape index (κ2) is 11.0. The Hall–Kier alpha value is -3.30. The van der Waals surface area contributed by atoms with E-state index in [4.69, 9.17) is 21.1 Å². The van der Waals surface area contributed by atoms with Crippen LogP contribution in [0.25, 0.3) is 0 Å². The number of ether oxygens (including phenoxy) is 2. The first-order valence-corrected chi connectivity index (χ1v) is 11.9. The predicted molar refractivity (Wildman–Crippen MR) is 132 cm³/mol. The minimum Gasteiger partial charge on any atom is -0.493 e. The van der Waals surface area contributed by atoms with Crippen LogP contribution >= 0.6 is 11.6 Å². The maximum Gasteiger partial charge on any atom is 0.327 e. The van der Waals surface area contributed by atoms with Gasteiger partial charge in [0.2, 0.25) is 11.8 Å². The topological polar surface area (TPSA) is 100 Å². The predicted octanol–water partition coefficient (Wildman–Crippen LogP) is 2.92.